The molecule has 6 rings (SSSR count). The van der Waals surface area contributed by atoms with Crippen LogP contribution >= 0.6 is 0 Å². The Balaban J connectivity index is 1.40. The maximum Gasteiger partial charge on any atom is 0.321 e. The fourth-order valence-corrected chi connectivity index (χ4v) is 4.98. The van der Waals surface area contributed by atoms with E-state index in [1.165, 1.54) is 12.1 Å². The second-order valence-corrected chi connectivity index (χ2v) is 9.64. The largest absolute Gasteiger partial charge is 0.380 e. The number of hydrogen-bond donors (Lipinski definition) is 1. The number of nitrogens with zero attached hydrogens (tertiary/aromatic N) is 5. The highest BCUT2D eigenvalue weighted by atomic mass is 19.1. The van der Waals surface area contributed by atoms with Crippen molar-refractivity contribution in [1.29, 1.82) is 0 Å². The number of urea groups is 1. The van der Waals surface area contributed by atoms with Gasteiger partial charge in [-0.1, -0.05) is 0 Å². The summed E-state index contributed by atoms with van der Waals surface area (Å²) in [6.45, 7) is 1.07. The third kappa shape index (κ3) is 4.86. The van der Waals surface area contributed by atoms with Crippen molar-refractivity contribution in [2.75, 3.05) is 25.5 Å². The topological polar surface area (TPSA) is 76.7 Å². The molecule has 2 aromatic carbocycles. The normalized spacial score (nSPS) is 15.3. The fourth-order valence-electron chi connectivity index (χ4n) is 4.98. The molecule has 1 atom stereocenters. The predicted octanol–water partition coefficient (Wildman–Crippen LogP) is 5.60. The van der Waals surface area contributed by atoms with E-state index >= 15 is 0 Å². The lowest BCUT2D eigenvalue weighted by molar-refractivity contribution is 0.111. The number of methoxy groups -OCH3 is 1. The molecule has 1 aliphatic heterocycles. The molecule has 1 N–H and O–H groups in total. The van der Waals surface area contributed by atoms with Gasteiger partial charge in [-0.15, -0.1) is 0 Å². The molecular weight excluding hydrogens is 502 g/mol. The quantitative estimate of drug-likeness (QED) is 0.322. The molecule has 198 valence electrons. The minimum atomic E-state index is -0.689. The number of carbonyl (C=O) groups is 1. The van der Waals surface area contributed by atoms with E-state index in [-0.39, 0.29) is 17.7 Å². The van der Waals surface area contributed by atoms with Crippen LogP contribution in [0.1, 0.15) is 6.42 Å². The zero-order valence-corrected chi connectivity index (χ0v) is 21.4. The molecule has 39 heavy (non-hydrogen) atoms. The van der Waals surface area contributed by atoms with E-state index in [1.54, 1.807) is 41.2 Å². The second-order valence-electron chi connectivity index (χ2n) is 9.64. The van der Waals surface area contributed by atoms with E-state index in [1.807, 2.05) is 42.0 Å². The first-order valence-electron chi connectivity index (χ1n) is 12.5. The Bertz CT molecular complexity index is 1690. The number of benzene rings is 2. The van der Waals surface area contributed by atoms with Crippen molar-refractivity contribution in [3.05, 3.63) is 85.0 Å². The average Bonchev–Trinajstić information content (AvgIpc) is 3.67. The van der Waals surface area contributed by atoms with Gasteiger partial charge in [-0.2, -0.15) is 5.10 Å². The molecule has 5 aromatic rings. The first-order valence-corrected chi connectivity index (χ1v) is 12.5. The number of imidazole rings is 1. The minimum absolute atomic E-state index is 0.000622. The van der Waals surface area contributed by atoms with Gasteiger partial charge in [0.1, 0.15) is 17.3 Å². The number of ether oxygens (including phenoxy) is 1. The van der Waals surface area contributed by atoms with Crippen molar-refractivity contribution < 1.29 is 18.3 Å². The van der Waals surface area contributed by atoms with Gasteiger partial charge in [0.15, 0.2) is 0 Å². The number of halogens is 2. The number of aryl methyl sites for hydroxylation is 1. The smallest absolute Gasteiger partial charge is 0.321 e. The van der Waals surface area contributed by atoms with Crippen LogP contribution in [-0.2, 0) is 11.8 Å². The Morgan fingerprint density at radius 1 is 1.03 bits per heavy atom. The number of pyridine rings is 1. The number of rotatable bonds is 5. The van der Waals surface area contributed by atoms with Crippen molar-refractivity contribution in [1.82, 2.24) is 24.1 Å². The van der Waals surface area contributed by atoms with Gasteiger partial charge in [-0.25, -0.2) is 18.6 Å². The lowest BCUT2D eigenvalue weighted by atomic mass is 10.00. The van der Waals surface area contributed by atoms with Crippen LogP contribution < -0.4 is 5.32 Å². The molecule has 4 heterocycles. The first-order chi connectivity index (χ1) is 18.9. The number of anilines is 1. The molecule has 1 saturated heterocycles. The third-order valence-electron chi connectivity index (χ3n) is 7.04. The molecule has 1 unspecified atom stereocenters. The summed E-state index contributed by atoms with van der Waals surface area (Å²) < 4.78 is 37.5. The van der Waals surface area contributed by atoms with Gasteiger partial charge in [0.2, 0.25) is 0 Å². The predicted molar refractivity (Wildman–Crippen MR) is 144 cm³/mol. The van der Waals surface area contributed by atoms with Crippen molar-refractivity contribution in [2.45, 2.75) is 12.5 Å². The van der Waals surface area contributed by atoms with Crippen LogP contribution in [-0.4, -0.2) is 56.4 Å². The number of amides is 2. The van der Waals surface area contributed by atoms with Crippen molar-refractivity contribution in [3.63, 3.8) is 0 Å². The number of aromatic nitrogens is 4. The minimum Gasteiger partial charge on any atom is -0.380 e. The van der Waals surface area contributed by atoms with E-state index in [0.29, 0.717) is 29.9 Å². The summed E-state index contributed by atoms with van der Waals surface area (Å²) in [6, 6.07) is 12.5. The van der Waals surface area contributed by atoms with Gasteiger partial charge < -0.3 is 15.0 Å². The highest BCUT2D eigenvalue weighted by molar-refractivity contribution is 5.92. The lowest BCUT2D eigenvalue weighted by Crippen LogP contribution is -2.33. The van der Waals surface area contributed by atoms with Crippen LogP contribution in [0.3, 0.4) is 0 Å². The highest BCUT2D eigenvalue weighted by Gasteiger charge is 2.26. The van der Waals surface area contributed by atoms with Crippen molar-refractivity contribution in [3.8, 4) is 33.5 Å². The standard InChI is InChI=1S/C29H26F2N6O2/c1-35-16-21(14-33-35)18-5-8-37-27(15-32-28(37)12-18)20-9-19(25-4-3-22(30)13-26(25)31)10-23(11-20)34-29(38)36-7-6-24(17-36)39-2/h3-5,8-16,24H,6-7,17H2,1-2H3,(H,34,38). The van der Waals surface area contributed by atoms with Gasteiger partial charge in [0.25, 0.3) is 0 Å². The van der Waals surface area contributed by atoms with Crippen molar-refractivity contribution >= 4 is 17.4 Å². The molecule has 0 aliphatic carbocycles. The molecule has 1 fully saturated rings. The van der Waals surface area contributed by atoms with Crippen molar-refractivity contribution in [2.24, 2.45) is 7.05 Å². The highest BCUT2D eigenvalue weighted by Crippen LogP contribution is 2.33. The van der Waals surface area contributed by atoms with Crippen LogP contribution in [0.2, 0.25) is 0 Å². The zero-order chi connectivity index (χ0) is 27.1. The maximum atomic E-state index is 14.8. The molecule has 0 radical (unpaired) electrons. The van der Waals surface area contributed by atoms with Crippen LogP contribution in [0, 0.1) is 11.6 Å². The van der Waals surface area contributed by atoms with Gasteiger partial charge in [0, 0.05) is 68.1 Å². The maximum absolute atomic E-state index is 14.8. The summed E-state index contributed by atoms with van der Waals surface area (Å²) in [6.07, 6.45) is 8.14. The molecule has 3 aromatic heterocycles. The lowest BCUT2D eigenvalue weighted by Gasteiger charge is -2.18. The average molecular weight is 529 g/mol. The molecule has 8 nitrogen and oxygen atoms in total. The molecule has 0 bridgehead atoms. The monoisotopic (exact) mass is 528 g/mol. The Hall–Kier alpha value is -4.57. The summed E-state index contributed by atoms with van der Waals surface area (Å²) in [7, 11) is 3.50. The van der Waals surface area contributed by atoms with E-state index in [2.05, 4.69) is 15.4 Å². The van der Waals surface area contributed by atoms with Crippen LogP contribution in [0.25, 0.3) is 39.2 Å². The van der Waals surface area contributed by atoms with Crippen LogP contribution in [0.5, 0.6) is 0 Å². The van der Waals surface area contributed by atoms with Gasteiger partial charge in [0.05, 0.1) is 24.2 Å². The van der Waals surface area contributed by atoms with E-state index < -0.39 is 11.6 Å². The van der Waals surface area contributed by atoms with E-state index in [0.717, 1.165) is 35.0 Å². The molecule has 2 amide bonds. The summed E-state index contributed by atoms with van der Waals surface area (Å²) in [5.74, 6) is -1.35. The fraction of sp³-hybridized carbons (Fsp3) is 0.207. The van der Waals surface area contributed by atoms with E-state index in [4.69, 9.17) is 4.74 Å². The molecule has 0 spiro atoms. The molecule has 0 saturated carbocycles. The number of likely N-dealkylation sites (tertiary alicyclic amines) is 1. The first kappa shape index (κ1) is 24.7. The van der Waals surface area contributed by atoms with Gasteiger partial charge in [-0.3, -0.25) is 9.08 Å². The number of nitrogens with one attached hydrogen (secondary N) is 1. The van der Waals surface area contributed by atoms with Gasteiger partial charge in [-0.05, 0) is 60.0 Å². The Labute approximate surface area is 223 Å². The Morgan fingerprint density at radius 2 is 1.87 bits per heavy atom. The molecule has 10 heteroatoms. The number of hydrogen-bond acceptors (Lipinski definition) is 4. The third-order valence-corrected chi connectivity index (χ3v) is 7.04. The summed E-state index contributed by atoms with van der Waals surface area (Å²) in [5.41, 5.74) is 5.34. The van der Waals surface area contributed by atoms with E-state index in [9.17, 15) is 13.6 Å². The van der Waals surface area contributed by atoms with Crippen LogP contribution in [0.15, 0.2) is 73.3 Å². The summed E-state index contributed by atoms with van der Waals surface area (Å²) in [4.78, 5) is 19.3. The van der Waals surface area contributed by atoms with Gasteiger partial charge >= 0.3 is 6.03 Å². The number of fused-ring (bicyclic) bond motifs is 1. The number of carbonyl (C=O) groups excluding carboxylic acids is 1. The Morgan fingerprint density at radius 3 is 2.62 bits per heavy atom. The summed E-state index contributed by atoms with van der Waals surface area (Å²) in [5, 5.41) is 7.19. The van der Waals surface area contributed by atoms with Crippen LogP contribution in [0.4, 0.5) is 19.3 Å². The molecule has 1 aliphatic rings. The second kappa shape index (κ2) is 9.95. The Kier molecular flexibility index (Phi) is 6.32. The molecular formula is C29H26F2N6O2. The zero-order valence-electron chi connectivity index (χ0n) is 21.4. The summed E-state index contributed by atoms with van der Waals surface area (Å²) >= 11 is 0. The SMILES string of the molecule is COC1CCN(C(=O)Nc2cc(-c3ccc(F)cc3F)cc(-c3cnc4cc(-c5cnn(C)c5)ccn34)c2)C1.